The van der Waals surface area contributed by atoms with Gasteiger partial charge in [-0.2, -0.15) is 5.26 Å². The number of nitriles is 1. The van der Waals surface area contributed by atoms with Crippen LogP contribution in [-0.4, -0.2) is 11.5 Å². The Hall–Kier alpha value is -1.63. The Kier molecular flexibility index (Phi) is 4.32. The number of hydrogen-bond acceptors (Lipinski definition) is 3. The molecular formula is C19H18Cl2N2O. The Bertz CT molecular complexity index is 830. The molecule has 2 aliphatic rings. The fraction of sp³-hybridized carbons (Fsp3) is 0.421. The van der Waals surface area contributed by atoms with Crippen LogP contribution in [0.1, 0.15) is 45.1 Å². The molecule has 24 heavy (non-hydrogen) atoms. The molecule has 0 saturated heterocycles. The van der Waals surface area contributed by atoms with Gasteiger partial charge in [0, 0.05) is 29.3 Å². The van der Waals surface area contributed by atoms with E-state index >= 15 is 0 Å². The minimum Gasteiger partial charge on any atom is -0.294 e. The molecule has 1 unspecified atom stereocenters. The van der Waals surface area contributed by atoms with Gasteiger partial charge in [0.15, 0.2) is 5.78 Å². The van der Waals surface area contributed by atoms with Gasteiger partial charge in [-0.1, -0.05) is 49.2 Å². The van der Waals surface area contributed by atoms with E-state index in [9.17, 15) is 10.1 Å². The van der Waals surface area contributed by atoms with Crippen LogP contribution in [-0.2, 0) is 4.79 Å². The fourth-order valence-electron chi connectivity index (χ4n) is 3.71. The highest BCUT2D eigenvalue weighted by Gasteiger charge is 2.43. The fourth-order valence-corrected chi connectivity index (χ4v) is 4.13. The van der Waals surface area contributed by atoms with Crippen LogP contribution in [0.15, 0.2) is 34.5 Å². The first-order valence-electron chi connectivity index (χ1n) is 7.90. The molecule has 0 amide bonds. The second-order valence-corrected chi connectivity index (χ2v) is 8.07. The zero-order valence-corrected chi connectivity index (χ0v) is 15.4. The lowest BCUT2D eigenvalue weighted by atomic mass is 9.67. The predicted molar refractivity (Wildman–Crippen MR) is 96.5 cm³/mol. The zero-order valence-electron chi connectivity index (χ0n) is 13.9. The van der Waals surface area contributed by atoms with Crippen LogP contribution in [0, 0.1) is 22.7 Å². The number of benzene rings is 1. The highest BCUT2D eigenvalue weighted by atomic mass is 35.5. The number of rotatable bonds is 1. The van der Waals surface area contributed by atoms with Crippen molar-refractivity contribution in [2.75, 3.05) is 0 Å². The van der Waals surface area contributed by atoms with Gasteiger partial charge in [-0.25, -0.2) is 0 Å². The minimum absolute atomic E-state index is 0.0544. The number of Topliss-reactive ketones (excluding diaryl/α,β-unsaturated/α-hetero) is 1. The standard InChI is InChI=1S/C19H18Cl2N2O/c1-10-12(9-22)16(11-5-4-6-13(20)18(11)21)17-14(23-10)7-19(2,3)8-15(17)24/h4-6,12,16H,7-8H2,1-3H3/t12?,16-/m0/s1. The topological polar surface area (TPSA) is 53.2 Å². The molecule has 5 heteroatoms. The molecule has 3 nitrogen and oxygen atoms in total. The van der Waals surface area contributed by atoms with E-state index in [1.54, 1.807) is 12.1 Å². The molecule has 0 radical (unpaired) electrons. The van der Waals surface area contributed by atoms with Gasteiger partial charge in [0.25, 0.3) is 0 Å². The second kappa shape index (κ2) is 6.02. The summed E-state index contributed by atoms with van der Waals surface area (Å²) in [5.41, 5.74) is 2.76. The first-order chi connectivity index (χ1) is 11.2. The maximum absolute atomic E-state index is 12.9. The van der Waals surface area contributed by atoms with E-state index in [4.69, 9.17) is 23.2 Å². The lowest BCUT2D eigenvalue weighted by Gasteiger charge is -2.38. The van der Waals surface area contributed by atoms with Gasteiger partial charge in [0.05, 0.1) is 22.0 Å². The van der Waals surface area contributed by atoms with Gasteiger partial charge in [-0.15, -0.1) is 0 Å². The average molecular weight is 361 g/mol. The maximum Gasteiger partial charge on any atom is 0.161 e. The summed E-state index contributed by atoms with van der Waals surface area (Å²) in [6, 6.07) is 7.66. The Morgan fingerprint density at radius 3 is 2.67 bits per heavy atom. The summed E-state index contributed by atoms with van der Waals surface area (Å²) < 4.78 is 0. The number of allylic oxidation sites excluding steroid dienone is 2. The average Bonchev–Trinajstić information content (AvgIpc) is 2.47. The van der Waals surface area contributed by atoms with Crippen molar-refractivity contribution in [1.82, 2.24) is 0 Å². The van der Waals surface area contributed by atoms with Crippen LogP contribution in [0.4, 0.5) is 0 Å². The van der Waals surface area contributed by atoms with E-state index in [2.05, 4.69) is 24.9 Å². The number of carbonyl (C=O) groups is 1. The van der Waals surface area contributed by atoms with E-state index < -0.39 is 11.8 Å². The van der Waals surface area contributed by atoms with Gasteiger partial charge in [0.2, 0.25) is 0 Å². The number of carbonyl (C=O) groups excluding carboxylic acids is 1. The molecule has 0 bridgehead atoms. The molecule has 1 aromatic carbocycles. The van der Waals surface area contributed by atoms with Gasteiger partial charge >= 0.3 is 0 Å². The molecule has 0 fully saturated rings. The molecule has 1 aliphatic heterocycles. The molecular weight excluding hydrogens is 343 g/mol. The summed E-state index contributed by atoms with van der Waals surface area (Å²) in [6.45, 7) is 5.98. The van der Waals surface area contributed by atoms with Crippen molar-refractivity contribution in [1.29, 1.82) is 5.26 Å². The number of halogens is 2. The van der Waals surface area contributed by atoms with Crippen LogP contribution in [0.3, 0.4) is 0 Å². The lowest BCUT2D eigenvalue weighted by Crippen LogP contribution is -2.35. The van der Waals surface area contributed by atoms with E-state index in [1.807, 2.05) is 13.0 Å². The van der Waals surface area contributed by atoms with Crippen LogP contribution >= 0.6 is 23.2 Å². The van der Waals surface area contributed by atoms with E-state index in [-0.39, 0.29) is 11.2 Å². The predicted octanol–water partition coefficient (Wildman–Crippen LogP) is 5.33. The van der Waals surface area contributed by atoms with Crippen molar-refractivity contribution in [3.8, 4) is 6.07 Å². The molecule has 3 rings (SSSR count). The Morgan fingerprint density at radius 1 is 1.29 bits per heavy atom. The van der Waals surface area contributed by atoms with Crippen molar-refractivity contribution >= 4 is 34.7 Å². The normalized spacial score (nSPS) is 25.8. The Balaban J connectivity index is 2.24. The summed E-state index contributed by atoms with van der Waals surface area (Å²) in [5.74, 6) is -0.860. The lowest BCUT2D eigenvalue weighted by molar-refractivity contribution is -0.118. The molecule has 0 N–H and O–H groups in total. The molecule has 0 saturated carbocycles. The van der Waals surface area contributed by atoms with Crippen molar-refractivity contribution in [2.45, 2.75) is 39.5 Å². The summed E-state index contributed by atoms with van der Waals surface area (Å²) in [5, 5.41) is 10.5. The van der Waals surface area contributed by atoms with E-state index in [0.717, 1.165) is 23.4 Å². The summed E-state index contributed by atoms with van der Waals surface area (Å²) in [6.07, 6.45) is 1.17. The van der Waals surface area contributed by atoms with Crippen molar-refractivity contribution in [3.05, 3.63) is 45.1 Å². The monoisotopic (exact) mass is 360 g/mol. The van der Waals surface area contributed by atoms with Gasteiger partial charge in [0.1, 0.15) is 0 Å². The summed E-state index contributed by atoms with van der Waals surface area (Å²) >= 11 is 12.6. The first kappa shape index (κ1) is 17.2. The largest absolute Gasteiger partial charge is 0.294 e. The maximum atomic E-state index is 12.9. The highest BCUT2D eigenvalue weighted by molar-refractivity contribution is 6.42. The van der Waals surface area contributed by atoms with Crippen LogP contribution in [0.25, 0.3) is 0 Å². The van der Waals surface area contributed by atoms with Crippen molar-refractivity contribution in [3.63, 3.8) is 0 Å². The molecule has 2 atom stereocenters. The number of ketones is 1. The summed E-state index contributed by atoms with van der Waals surface area (Å²) in [4.78, 5) is 17.5. The van der Waals surface area contributed by atoms with Crippen LogP contribution in [0.5, 0.6) is 0 Å². The Morgan fingerprint density at radius 2 is 2.00 bits per heavy atom. The molecule has 0 aromatic heterocycles. The van der Waals surface area contributed by atoms with Crippen molar-refractivity contribution < 1.29 is 4.79 Å². The van der Waals surface area contributed by atoms with Gasteiger partial charge < -0.3 is 0 Å². The van der Waals surface area contributed by atoms with E-state index in [0.29, 0.717) is 22.0 Å². The molecule has 1 aliphatic carbocycles. The molecule has 1 heterocycles. The number of nitrogens with zero attached hydrogens (tertiary/aromatic N) is 2. The SMILES string of the molecule is CC1=NC2=C(C(=O)CC(C)(C)C2)[C@@H](c2cccc(Cl)c2Cl)C1C#N. The third-order valence-electron chi connectivity index (χ3n) is 4.76. The zero-order chi connectivity index (χ0) is 17.6. The molecule has 1 aromatic rings. The van der Waals surface area contributed by atoms with Gasteiger partial charge in [-0.05, 0) is 30.4 Å². The Labute approximate surface area is 152 Å². The highest BCUT2D eigenvalue weighted by Crippen LogP contribution is 2.49. The quantitative estimate of drug-likeness (QED) is 0.678. The number of aliphatic imine (C=N–C) groups is 1. The number of hydrogen-bond donors (Lipinski definition) is 0. The van der Waals surface area contributed by atoms with Crippen LogP contribution < -0.4 is 0 Å². The third-order valence-corrected chi connectivity index (χ3v) is 5.59. The molecule has 0 spiro atoms. The molecule has 124 valence electrons. The summed E-state index contributed by atoms with van der Waals surface area (Å²) in [7, 11) is 0. The van der Waals surface area contributed by atoms with Gasteiger partial charge in [-0.3, -0.25) is 9.79 Å². The second-order valence-electron chi connectivity index (χ2n) is 7.28. The smallest absolute Gasteiger partial charge is 0.161 e. The first-order valence-corrected chi connectivity index (χ1v) is 8.66. The van der Waals surface area contributed by atoms with Crippen LogP contribution in [0.2, 0.25) is 10.0 Å². The van der Waals surface area contributed by atoms with E-state index in [1.165, 1.54) is 0 Å². The minimum atomic E-state index is -0.509. The third kappa shape index (κ3) is 2.79. The van der Waals surface area contributed by atoms with Crippen molar-refractivity contribution in [2.24, 2.45) is 16.3 Å².